The first-order valence-corrected chi connectivity index (χ1v) is 7.79. The summed E-state index contributed by atoms with van der Waals surface area (Å²) in [7, 11) is 0. The maximum atomic E-state index is 12.4. The minimum atomic E-state index is -1.11. The number of carbonyl (C=O) groups excluding carboxylic acids is 1. The van der Waals surface area contributed by atoms with Crippen LogP contribution < -0.4 is 5.32 Å². The minimum absolute atomic E-state index is 0.000765. The summed E-state index contributed by atoms with van der Waals surface area (Å²) in [6, 6.07) is -0.317. The first-order chi connectivity index (χ1) is 9.86. The third kappa shape index (κ3) is 4.22. The third-order valence-electron chi connectivity index (χ3n) is 4.50. The summed E-state index contributed by atoms with van der Waals surface area (Å²) < 4.78 is 0. The molecule has 1 fully saturated rings. The molecule has 0 aliphatic heterocycles. The summed E-state index contributed by atoms with van der Waals surface area (Å²) in [6.45, 7) is 10.0. The van der Waals surface area contributed by atoms with Gasteiger partial charge in [-0.1, -0.05) is 19.4 Å². The second-order valence-corrected chi connectivity index (χ2v) is 6.20. The third-order valence-corrected chi connectivity index (χ3v) is 4.50. The Balaban J connectivity index is 2.81. The number of aliphatic carboxylic acids is 1. The van der Waals surface area contributed by atoms with Crippen LogP contribution in [0.3, 0.4) is 0 Å². The zero-order valence-corrected chi connectivity index (χ0v) is 13.4. The number of nitrogens with one attached hydrogen (secondary N) is 1. The van der Waals surface area contributed by atoms with Crippen LogP contribution in [0.4, 0.5) is 4.79 Å². The second-order valence-electron chi connectivity index (χ2n) is 6.20. The Labute approximate surface area is 127 Å². The van der Waals surface area contributed by atoms with Gasteiger partial charge < -0.3 is 15.3 Å². The maximum Gasteiger partial charge on any atom is 0.329 e. The van der Waals surface area contributed by atoms with Gasteiger partial charge in [-0.15, -0.1) is 6.58 Å². The fourth-order valence-corrected chi connectivity index (χ4v) is 2.91. The molecule has 0 saturated heterocycles. The summed E-state index contributed by atoms with van der Waals surface area (Å²) in [5, 5.41) is 12.4. The molecule has 5 nitrogen and oxygen atoms in total. The Morgan fingerprint density at radius 2 is 2.00 bits per heavy atom. The van der Waals surface area contributed by atoms with Crippen LogP contribution in [0.25, 0.3) is 0 Å². The number of carboxylic acids is 1. The number of nitrogens with zero attached hydrogens (tertiary/aromatic N) is 1. The molecule has 1 aliphatic carbocycles. The van der Waals surface area contributed by atoms with Crippen molar-refractivity contribution in [1.82, 2.24) is 10.2 Å². The van der Waals surface area contributed by atoms with Crippen LogP contribution >= 0.6 is 0 Å². The number of urea groups is 1. The molecule has 0 aromatic heterocycles. The largest absolute Gasteiger partial charge is 0.480 e. The highest BCUT2D eigenvalue weighted by Crippen LogP contribution is 2.34. The molecular formula is C16H28N2O3. The lowest BCUT2D eigenvalue weighted by atomic mass is 9.75. The molecular weight excluding hydrogens is 268 g/mol. The quantitative estimate of drug-likeness (QED) is 0.740. The van der Waals surface area contributed by atoms with E-state index in [4.69, 9.17) is 0 Å². The Hall–Kier alpha value is -1.52. The van der Waals surface area contributed by atoms with E-state index in [0.717, 1.165) is 19.3 Å². The lowest BCUT2D eigenvalue weighted by Crippen LogP contribution is -2.60. The van der Waals surface area contributed by atoms with Gasteiger partial charge >= 0.3 is 12.0 Å². The topological polar surface area (TPSA) is 69.6 Å². The van der Waals surface area contributed by atoms with Crippen LogP contribution in [-0.2, 0) is 4.79 Å². The van der Waals surface area contributed by atoms with Crippen LogP contribution in [0.5, 0.6) is 0 Å². The molecule has 2 N–H and O–H groups in total. The maximum absolute atomic E-state index is 12.4. The van der Waals surface area contributed by atoms with Crippen molar-refractivity contribution in [1.29, 1.82) is 0 Å². The first-order valence-electron chi connectivity index (χ1n) is 7.79. The second kappa shape index (κ2) is 7.48. The van der Waals surface area contributed by atoms with Gasteiger partial charge in [0.25, 0.3) is 0 Å². The van der Waals surface area contributed by atoms with Gasteiger partial charge in [0.1, 0.15) is 5.54 Å². The predicted molar refractivity (Wildman–Crippen MR) is 83.2 cm³/mol. The molecule has 21 heavy (non-hydrogen) atoms. The van der Waals surface area contributed by atoms with E-state index in [0.29, 0.717) is 25.3 Å². The summed E-state index contributed by atoms with van der Waals surface area (Å²) in [5.74, 6) is -0.350. The predicted octanol–water partition coefficient (Wildman–Crippen LogP) is 3.02. The van der Waals surface area contributed by atoms with Gasteiger partial charge in [-0.3, -0.25) is 0 Å². The average molecular weight is 296 g/mol. The van der Waals surface area contributed by atoms with Crippen LogP contribution in [-0.4, -0.2) is 40.1 Å². The molecule has 120 valence electrons. The van der Waals surface area contributed by atoms with E-state index in [-0.39, 0.29) is 12.1 Å². The van der Waals surface area contributed by atoms with Crippen LogP contribution in [0.1, 0.15) is 52.9 Å². The Kier molecular flexibility index (Phi) is 6.24. The van der Waals surface area contributed by atoms with E-state index in [9.17, 15) is 14.7 Å². The Morgan fingerprint density at radius 1 is 1.43 bits per heavy atom. The number of rotatable bonds is 6. The molecule has 0 radical (unpaired) electrons. The van der Waals surface area contributed by atoms with E-state index >= 15 is 0 Å². The fourth-order valence-electron chi connectivity index (χ4n) is 2.91. The van der Waals surface area contributed by atoms with Crippen molar-refractivity contribution >= 4 is 12.0 Å². The lowest BCUT2D eigenvalue weighted by molar-refractivity contribution is -0.146. The van der Waals surface area contributed by atoms with E-state index in [2.05, 4.69) is 18.8 Å². The average Bonchev–Trinajstić information content (AvgIpc) is 2.44. The SMILES string of the molecule is C=CCN(C(=O)NC1(C(=O)O)CCC(CC)CC1)C(C)C. The molecule has 0 aromatic carbocycles. The zero-order chi connectivity index (χ0) is 16.0. The molecule has 0 unspecified atom stereocenters. The van der Waals surface area contributed by atoms with E-state index in [1.807, 2.05) is 13.8 Å². The number of hydrogen-bond donors (Lipinski definition) is 2. The Bertz CT molecular complexity index is 385. The summed E-state index contributed by atoms with van der Waals surface area (Å²) in [4.78, 5) is 25.7. The molecule has 1 rings (SSSR count). The number of hydrogen-bond acceptors (Lipinski definition) is 2. The first kappa shape index (κ1) is 17.5. The highest BCUT2D eigenvalue weighted by molar-refractivity contribution is 5.86. The summed E-state index contributed by atoms with van der Waals surface area (Å²) in [6.07, 6.45) is 5.44. The van der Waals surface area contributed by atoms with Crippen molar-refractivity contribution in [3.8, 4) is 0 Å². The standard InChI is InChI=1S/C16H28N2O3/c1-5-11-18(12(3)4)15(21)17-16(14(19)20)9-7-13(6-2)8-10-16/h5,12-13H,1,6-11H2,2-4H3,(H,17,21)(H,19,20). The molecule has 0 heterocycles. The van der Waals surface area contributed by atoms with E-state index in [1.165, 1.54) is 0 Å². The van der Waals surface area contributed by atoms with Crippen LogP contribution in [0.2, 0.25) is 0 Å². The monoisotopic (exact) mass is 296 g/mol. The van der Waals surface area contributed by atoms with Gasteiger partial charge in [0.2, 0.25) is 0 Å². The van der Waals surface area contributed by atoms with E-state index < -0.39 is 11.5 Å². The van der Waals surface area contributed by atoms with Gasteiger partial charge in [0, 0.05) is 12.6 Å². The molecule has 0 bridgehead atoms. The molecule has 1 saturated carbocycles. The van der Waals surface area contributed by atoms with Crippen LogP contribution in [0, 0.1) is 5.92 Å². The fraction of sp³-hybridized carbons (Fsp3) is 0.750. The summed E-state index contributed by atoms with van der Waals surface area (Å²) >= 11 is 0. The molecule has 0 aromatic rings. The molecule has 0 atom stereocenters. The normalized spacial score (nSPS) is 25.4. The van der Waals surface area contributed by atoms with Crippen molar-refractivity contribution in [2.24, 2.45) is 5.92 Å². The number of amides is 2. The number of carboxylic acid groups (broad SMARTS) is 1. The summed E-state index contributed by atoms with van der Waals surface area (Å²) in [5.41, 5.74) is -1.11. The zero-order valence-electron chi connectivity index (χ0n) is 13.4. The Morgan fingerprint density at radius 3 is 2.38 bits per heavy atom. The molecule has 0 spiro atoms. The van der Waals surface area contributed by atoms with Gasteiger partial charge in [0.05, 0.1) is 0 Å². The van der Waals surface area contributed by atoms with Crippen LogP contribution in [0.15, 0.2) is 12.7 Å². The highest BCUT2D eigenvalue weighted by atomic mass is 16.4. The van der Waals surface area contributed by atoms with Crippen molar-refractivity contribution in [2.45, 2.75) is 64.5 Å². The minimum Gasteiger partial charge on any atom is -0.480 e. The number of carbonyl (C=O) groups is 2. The molecule has 5 heteroatoms. The van der Waals surface area contributed by atoms with Crippen molar-refractivity contribution in [3.05, 3.63) is 12.7 Å². The van der Waals surface area contributed by atoms with Crippen molar-refractivity contribution < 1.29 is 14.7 Å². The van der Waals surface area contributed by atoms with Gasteiger partial charge in [0.15, 0.2) is 0 Å². The van der Waals surface area contributed by atoms with Gasteiger partial charge in [-0.25, -0.2) is 9.59 Å². The lowest BCUT2D eigenvalue weighted by Gasteiger charge is -2.39. The van der Waals surface area contributed by atoms with Crippen molar-refractivity contribution in [3.63, 3.8) is 0 Å². The van der Waals surface area contributed by atoms with E-state index in [1.54, 1.807) is 11.0 Å². The smallest absolute Gasteiger partial charge is 0.329 e. The van der Waals surface area contributed by atoms with Gasteiger partial charge in [-0.05, 0) is 45.4 Å². The molecule has 2 amide bonds. The highest BCUT2D eigenvalue weighted by Gasteiger charge is 2.43. The van der Waals surface area contributed by atoms with Crippen molar-refractivity contribution in [2.75, 3.05) is 6.54 Å². The molecule has 1 aliphatic rings. The van der Waals surface area contributed by atoms with Gasteiger partial charge in [-0.2, -0.15) is 0 Å².